The highest BCUT2D eigenvalue weighted by Crippen LogP contribution is 2.28. The monoisotopic (exact) mass is 476 g/mol. The van der Waals surface area contributed by atoms with Gasteiger partial charge in [0.2, 0.25) is 5.13 Å². The van der Waals surface area contributed by atoms with Crippen molar-refractivity contribution < 1.29 is 0 Å². The Labute approximate surface area is 197 Å². The van der Waals surface area contributed by atoms with Crippen molar-refractivity contribution in [3.8, 4) is 15.7 Å². The summed E-state index contributed by atoms with van der Waals surface area (Å²) in [5.74, 6) is 0.456. The van der Waals surface area contributed by atoms with E-state index >= 15 is 0 Å². The molecular formula is C24H14Cl2N4OS. The summed E-state index contributed by atoms with van der Waals surface area (Å²) in [4.78, 5) is 18.1. The smallest absolute Gasteiger partial charge is 0.268 e. The van der Waals surface area contributed by atoms with Crippen LogP contribution in [-0.2, 0) is 0 Å². The molecular weight excluding hydrogens is 463 g/mol. The van der Waals surface area contributed by atoms with Gasteiger partial charge in [0.05, 0.1) is 10.9 Å². The third kappa shape index (κ3) is 4.08. The van der Waals surface area contributed by atoms with E-state index in [2.05, 4.69) is 10.2 Å². The van der Waals surface area contributed by atoms with E-state index in [0.29, 0.717) is 36.9 Å². The Morgan fingerprint density at radius 1 is 0.844 bits per heavy atom. The second-order valence-electron chi connectivity index (χ2n) is 6.91. The van der Waals surface area contributed by atoms with Gasteiger partial charge in [0.1, 0.15) is 10.8 Å². The van der Waals surface area contributed by atoms with Crippen LogP contribution in [0.3, 0.4) is 0 Å². The van der Waals surface area contributed by atoms with Gasteiger partial charge in [0.25, 0.3) is 5.56 Å². The predicted molar refractivity (Wildman–Crippen MR) is 132 cm³/mol. The summed E-state index contributed by atoms with van der Waals surface area (Å²) in [7, 11) is 0. The van der Waals surface area contributed by atoms with Crippen LogP contribution in [0.2, 0.25) is 10.0 Å². The molecule has 0 bridgehead atoms. The van der Waals surface area contributed by atoms with Crippen LogP contribution in [0.5, 0.6) is 0 Å². The first-order chi connectivity index (χ1) is 15.6. The second-order valence-corrected chi connectivity index (χ2v) is 8.74. The lowest BCUT2D eigenvalue weighted by Crippen LogP contribution is -2.22. The summed E-state index contributed by atoms with van der Waals surface area (Å²) in [6.07, 6.45) is 3.67. The summed E-state index contributed by atoms with van der Waals surface area (Å²) >= 11 is 13.4. The topological polar surface area (TPSA) is 60.7 Å². The normalized spacial score (nSPS) is 11.4. The Hall–Kier alpha value is -3.32. The second kappa shape index (κ2) is 8.67. The summed E-state index contributed by atoms with van der Waals surface area (Å²) in [6.45, 7) is 0. The molecule has 5 nitrogen and oxygen atoms in total. The maximum Gasteiger partial charge on any atom is 0.268 e. The van der Waals surface area contributed by atoms with Crippen LogP contribution in [0.25, 0.3) is 38.8 Å². The SMILES string of the molecule is O=c1c2ccccc2nc(/C=C/c2ccc(Cl)cc2)n1-c1nnc(-c2cccc(Cl)c2)s1. The third-order valence-electron chi connectivity index (χ3n) is 4.77. The summed E-state index contributed by atoms with van der Waals surface area (Å²) in [5.41, 5.74) is 2.17. The van der Waals surface area contributed by atoms with Gasteiger partial charge < -0.3 is 0 Å². The van der Waals surface area contributed by atoms with Gasteiger partial charge in [-0.2, -0.15) is 0 Å². The quantitative estimate of drug-likeness (QED) is 0.301. The molecule has 0 aliphatic carbocycles. The highest BCUT2D eigenvalue weighted by molar-refractivity contribution is 7.17. The highest BCUT2D eigenvalue weighted by atomic mass is 35.5. The molecule has 0 saturated carbocycles. The zero-order valence-corrected chi connectivity index (χ0v) is 18.8. The van der Waals surface area contributed by atoms with Gasteiger partial charge in [-0.15, -0.1) is 10.2 Å². The standard InChI is InChI=1S/C24H14Cl2N4OS/c25-17-11-8-15(9-12-17)10-13-21-27-20-7-2-1-6-19(20)23(31)30(21)24-29-28-22(32-24)16-4-3-5-18(26)14-16/h1-14H/b13-10+. The molecule has 3 aromatic carbocycles. The zero-order chi connectivity index (χ0) is 22.1. The Bertz CT molecular complexity index is 1520. The summed E-state index contributed by atoms with van der Waals surface area (Å²) in [6, 6.07) is 22.0. The largest absolute Gasteiger partial charge is 0.268 e. The molecule has 2 heterocycles. The first kappa shape index (κ1) is 20.6. The van der Waals surface area contributed by atoms with E-state index in [9.17, 15) is 4.79 Å². The highest BCUT2D eigenvalue weighted by Gasteiger charge is 2.16. The summed E-state index contributed by atoms with van der Waals surface area (Å²) in [5, 5.41) is 11.4. The van der Waals surface area contributed by atoms with Crippen molar-refractivity contribution in [1.29, 1.82) is 0 Å². The van der Waals surface area contributed by atoms with Gasteiger partial charge in [-0.3, -0.25) is 4.79 Å². The fourth-order valence-corrected chi connectivity index (χ4v) is 4.40. The number of benzene rings is 3. The van der Waals surface area contributed by atoms with Crippen molar-refractivity contribution >= 4 is 57.6 Å². The van der Waals surface area contributed by atoms with Crippen LogP contribution in [-0.4, -0.2) is 19.7 Å². The van der Waals surface area contributed by atoms with Crippen LogP contribution in [0.4, 0.5) is 0 Å². The molecule has 0 saturated heterocycles. The van der Waals surface area contributed by atoms with Gasteiger partial charge in [0.15, 0.2) is 0 Å². The molecule has 32 heavy (non-hydrogen) atoms. The van der Waals surface area contributed by atoms with Crippen LogP contribution < -0.4 is 5.56 Å². The molecule has 5 aromatic rings. The number of para-hydroxylation sites is 1. The van der Waals surface area contributed by atoms with Crippen molar-refractivity contribution in [2.75, 3.05) is 0 Å². The van der Waals surface area contributed by atoms with Crippen molar-refractivity contribution in [3.05, 3.63) is 105 Å². The van der Waals surface area contributed by atoms with Crippen LogP contribution in [0, 0.1) is 0 Å². The number of aromatic nitrogens is 4. The fourth-order valence-electron chi connectivity index (χ4n) is 3.24. The molecule has 0 unspecified atom stereocenters. The van der Waals surface area contributed by atoms with Crippen LogP contribution in [0.15, 0.2) is 77.6 Å². The minimum atomic E-state index is -0.208. The zero-order valence-electron chi connectivity index (χ0n) is 16.4. The molecule has 0 aliphatic rings. The van der Waals surface area contributed by atoms with E-state index < -0.39 is 0 Å². The van der Waals surface area contributed by atoms with E-state index in [4.69, 9.17) is 28.2 Å². The number of hydrogen-bond donors (Lipinski definition) is 0. The van der Waals surface area contributed by atoms with Gasteiger partial charge in [0, 0.05) is 15.6 Å². The van der Waals surface area contributed by atoms with Crippen molar-refractivity contribution in [2.45, 2.75) is 0 Å². The molecule has 156 valence electrons. The van der Waals surface area contributed by atoms with E-state index in [1.54, 1.807) is 18.2 Å². The van der Waals surface area contributed by atoms with E-state index in [-0.39, 0.29) is 5.56 Å². The molecule has 8 heteroatoms. The van der Waals surface area contributed by atoms with Crippen molar-refractivity contribution in [2.24, 2.45) is 0 Å². The average molecular weight is 477 g/mol. The first-order valence-corrected chi connectivity index (χ1v) is 11.2. The first-order valence-electron chi connectivity index (χ1n) is 9.64. The minimum Gasteiger partial charge on any atom is -0.268 e. The Balaban J connectivity index is 1.66. The number of halogens is 2. The number of rotatable bonds is 4. The molecule has 0 N–H and O–H groups in total. The molecule has 0 radical (unpaired) electrons. The van der Waals surface area contributed by atoms with Gasteiger partial charge in [-0.1, -0.05) is 77.0 Å². The van der Waals surface area contributed by atoms with Crippen molar-refractivity contribution in [1.82, 2.24) is 19.7 Å². The number of fused-ring (bicyclic) bond motifs is 1. The molecule has 0 fully saturated rings. The lowest BCUT2D eigenvalue weighted by atomic mass is 10.2. The number of hydrogen-bond acceptors (Lipinski definition) is 5. The van der Waals surface area contributed by atoms with E-state index in [0.717, 1.165) is 11.1 Å². The molecule has 2 aromatic heterocycles. The van der Waals surface area contributed by atoms with E-state index in [1.165, 1.54) is 15.9 Å². The molecule has 0 amide bonds. The molecule has 0 atom stereocenters. The maximum atomic E-state index is 13.4. The van der Waals surface area contributed by atoms with Gasteiger partial charge in [-0.25, -0.2) is 9.55 Å². The van der Waals surface area contributed by atoms with Crippen molar-refractivity contribution in [3.63, 3.8) is 0 Å². The fraction of sp³-hybridized carbons (Fsp3) is 0. The average Bonchev–Trinajstić information content (AvgIpc) is 3.29. The Morgan fingerprint density at radius 2 is 1.66 bits per heavy atom. The Morgan fingerprint density at radius 3 is 2.47 bits per heavy atom. The van der Waals surface area contributed by atoms with Crippen LogP contribution in [0.1, 0.15) is 11.4 Å². The van der Waals surface area contributed by atoms with Crippen LogP contribution >= 0.6 is 34.5 Å². The lowest BCUT2D eigenvalue weighted by Gasteiger charge is -2.07. The maximum absolute atomic E-state index is 13.4. The molecule has 0 aliphatic heterocycles. The lowest BCUT2D eigenvalue weighted by molar-refractivity contribution is 0.899. The van der Waals surface area contributed by atoms with Gasteiger partial charge >= 0.3 is 0 Å². The minimum absolute atomic E-state index is 0.208. The number of nitrogens with zero attached hydrogens (tertiary/aromatic N) is 4. The summed E-state index contributed by atoms with van der Waals surface area (Å²) < 4.78 is 1.49. The van der Waals surface area contributed by atoms with Gasteiger partial charge in [-0.05, 0) is 48.0 Å². The third-order valence-corrected chi connectivity index (χ3v) is 6.22. The van der Waals surface area contributed by atoms with E-state index in [1.807, 2.05) is 66.7 Å². The Kier molecular flexibility index (Phi) is 5.57. The predicted octanol–water partition coefficient (Wildman–Crippen LogP) is 6.38. The molecule has 0 spiro atoms. The molecule has 5 rings (SSSR count).